The Hall–Kier alpha value is -2.28. The number of aryl methyl sites for hydroxylation is 1. The SMILES string of the molecule is CCCc1cc(=O)n2c(n1)SCC2CC(=O)NCc1cccc(OC)c1. The molecule has 1 aromatic carbocycles. The van der Waals surface area contributed by atoms with Crippen LogP contribution in [0.15, 0.2) is 40.3 Å². The predicted octanol–water partition coefficient (Wildman–Crippen LogP) is 2.56. The van der Waals surface area contributed by atoms with Crippen molar-refractivity contribution in [1.29, 1.82) is 0 Å². The van der Waals surface area contributed by atoms with Gasteiger partial charge in [-0.05, 0) is 24.1 Å². The van der Waals surface area contributed by atoms with Crippen molar-refractivity contribution in [3.63, 3.8) is 0 Å². The van der Waals surface area contributed by atoms with Crippen LogP contribution in [-0.2, 0) is 17.8 Å². The average molecular weight is 373 g/mol. The molecule has 0 radical (unpaired) electrons. The molecule has 0 bridgehead atoms. The predicted molar refractivity (Wildman–Crippen MR) is 102 cm³/mol. The van der Waals surface area contributed by atoms with E-state index >= 15 is 0 Å². The van der Waals surface area contributed by atoms with E-state index in [4.69, 9.17) is 4.74 Å². The number of fused-ring (bicyclic) bond motifs is 1. The third-order valence-electron chi connectivity index (χ3n) is 4.29. The van der Waals surface area contributed by atoms with Gasteiger partial charge in [0, 0.05) is 30.5 Å². The van der Waals surface area contributed by atoms with E-state index in [1.807, 2.05) is 24.3 Å². The highest BCUT2D eigenvalue weighted by molar-refractivity contribution is 7.99. The molecule has 1 amide bonds. The number of carbonyl (C=O) groups excluding carboxylic acids is 1. The van der Waals surface area contributed by atoms with Gasteiger partial charge in [0.2, 0.25) is 5.91 Å². The summed E-state index contributed by atoms with van der Waals surface area (Å²) in [7, 11) is 1.62. The molecule has 2 heterocycles. The van der Waals surface area contributed by atoms with Crippen molar-refractivity contribution in [2.75, 3.05) is 12.9 Å². The van der Waals surface area contributed by atoms with Gasteiger partial charge in [0.05, 0.1) is 13.2 Å². The Morgan fingerprint density at radius 1 is 1.42 bits per heavy atom. The van der Waals surface area contributed by atoms with Crippen LogP contribution in [0.25, 0.3) is 0 Å². The highest BCUT2D eigenvalue weighted by atomic mass is 32.2. The largest absolute Gasteiger partial charge is 0.497 e. The van der Waals surface area contributed by atoms with E-state index in [1.165, 1.54) is 0 Å². The summed E-state index contributed by atoms with van der Waals surface area (Å²) in [6, 6.07) is 9.04. The molecule has 26 heavy (non-hydrogen) atoms. The number of thioether (sulfide) groups is 1. The van der Waals surface area contributed by atoms with E-state index in [-0.39, 0.29) is 23.9 Å². The van der Waals surface area contributed by atoms with Gasteiger partial charge in [-0.1, -0.05) is 37.2 Å². The summed E-state index contributed by atoms with van der Waals surface area (Å²) < 4.78 is 6.85. The summed E-state index contributed by atoms with van der Waals surface area (Å²) in [6.45, 7) is 2.50. The van der Waals surface area contributed by atoms with E-state index in [0.29, 0.717) is 12.3 Å². The summed E-state index contributed by atoms with van der Waals surface area (Å²) in [5, 5.41) is 3.65. The third-order valence-corrected chi connectivity index (χ3v) is 5.39. The fraction of sp³-hybridized carbons (Fsp3) is 0.421. The van der Waals surface area contributed by atoms with Crippen LogP contribution in [0.1, 0.15) is 37.1 Å². The molecule has 1 aliphatic rings. The molecule has 0 saturated heterocycles. The van der Waals surface area contributed by atoms with Crippen LogP contribution in [-0.4, -0.2) is 28.3 Å². The maximum atomic E-state index is 12.4. The van der Waals surface area contributed by atoms with E-state index < -0.39 is 0 Å². The molecule has 0 aliphatic carbocycles. The molecule has 1 atom stereocenters. The molecule has 1 unspecified atom stereocenters. The first-order valence-electron chi connectivity index (χ1n) is 8.75. The van der Waals surface area contributed by atoms with Crippen molar-refractivity contribution in [3.05, 3.63) is 51.9 Å². The number of nitrogens with one attached hydrogen (secondary N) is 1. The first kappa shape index (κ1) is 18.5. The zero-order chi connectivity index (χ0) is 18.5. The maximum absolute atomic E-state index is 12.4. The second-order valence-electron chi connectivity index (χ2n) is 6.29. The van der Waals surface area contributed by atoms with Gasteiger partial charge < -0.3 is 10.1 Å². The molecule has 6 nitrogen and oxygen atoms in total. The lowest BCUT2D eigenvalue weighted by molar-refractivity contribution is -0.121. The smallest absolute Gasteiger partial charge is 0.254 e. The van der Waals surface area contributed by atoms with Crippen LogP contribution in [0.4, 0.5) is 0 Å². The minimum Gasteiger partial charge on any atom is -0.497 e. The van der Waals surface area contributed by atoms with Crippen molar-refractivity contribution in [1.82, 2.24) is 14.9 Å². The van der Waals surface area contributed by atoms with Gasteiger partial charge >= 0.3 is 0 Å². The van der Waals surface area contributed by atoms with Gasteiger partial charge in [-0.25, -0.2) is 4.98 Å². The van der Waals surface area contributed by atoms with Crippen LogP contribution in [0.5, 0.6) is 5.75 Å². The first-order valence-corrected chi connectivity index (χ1v) is 9.74. The Labute approximate surface area is 157 Å². The van der Waals surface area contributed by atoms with Crippen LogP contribution in [0.2, 0.25) is 0 Å². The van der Waals surface area contributed by atoms with Crippen LogP contribution in [0, 0.1) is 0 Å². The molecule has 0 fully saturated rings. The minimum absolute atomic E-state index is 0.0611. The zero-order valence-corrected chi connectivity index (χ0v) is 15.8. The van der Waals surface area contributed by atoms with Crippen LogP contribution < -0.4 is 15.6 Å². The lowest BCUT2D eigenvalue weighted by Gasteiger charge is -2.14. The zero-order valence-electron chi connectivity index (χ0n) is 15.0. The van der Waals surface area contributed by atoms with E-state index in [1.54, 1.807) is 29.5 Å². The van der Waals surface area contributed by atoms with Gasteiger partial charge in [-0.3, -0.25) is 14.2 Å². The molecule has 138 valence electrons. The van der Waals surface area contributed by atoms with Crippen molar-refractivity contribution >= 4 is 17.7 Å². The van der Waals surface area contributed by atoms with Crippen LogP contribution in [0.3, 0.4) is 0 Å². The maximum Gasteiger partial charge on any atom is 0.254 e. The van der Waals surface area contributed by atoms with Gasteiger partial charge in [0.15, 0.2) is 5.16 Å². The minimum atomic E-state index is -0.143. The number of amides is 1. The lowest BCUT2D eigenvalue weighted by Crippen LogP contribution is -2.30. The highest BCUT2D eigenvalue weighted by Crippen LogP contribution is 2.32. The number of ether oxygens (including phenoxy) is 1. The Kier molecular flexibility index (Phi) is 5.98. The number of methoxy groups -OCH3 is 1. The van der Waals surface area contributed by atoms with Crippen molar-refractivity contribution < 1.29 is 9.53 Å². The standard InChI is InChI=1S/C19H23N3O3S/c1-3-5-14-9-18(24)22-15(12-26-19(22)21-14)10-17(23)20-11-13-6-4-7-16(8-13)25-2/h4,6-9,15H,3,5,10-12H2,1-2H3,(H,20,23). The molecular formula is C19H23N3O3S. The molecule has 0 spiro atoms. The molecular weight excluding hydrogens is 350 g/mol. The van der Waals surface area contributed by atoms with Crippen molar-refractivity contribution in [3.8, 4) is 5.75 Å². The van der Waals surface area contributed by atoms with E-state index in [0.717, 1.165) is 35.0 Å². The van der Waals surface area contributed by atoms with Crippen molar-refractivity contribution in [2.45, 2.75) is 43.9 Å². The summed E-state index contributed by atoms with van der Waals surface area (Å²) in [5.41, 5.74) is 1.75. The number of rotatable bonds is 7. The van der Waals surface area contributed by atoms with Gasteiger partial charge in [-0.15, -0.1) is 0 Å². The number of hydrogen-bond acceptors (Lipinski definition) is 5. The average Bonchev–Trinajstić information content (AvgIpc) is 3.03. The first-order chi connectivity index (χ1) is 12.6. The second kappa shape index (κ2) is 8.40. The lowest BCUT2D eigenvalue weighted by atomic mass is 10.2. The number of benzene rings is 1. The third kappa shape index (κ3) is 4.27. The monoisotopic (exact) mass is 373 g/mol. The quantitative estimate of drug-likeness (QED) is 0.755. The summed E-state index contributed by atoms with van der Waals surface area (Å²) in [4.78, 5) is 29.3. The van der Waals surface area contributed by atoms with Gasteiger partial charge in [-0.2, -0.15) is 0 Å². The molecule has 7 heteroatoms. The Bertz CT molecular complexity index is 850. The second-order valence-corrected chi connectivity index (χ2v) is 7.27. The van der Waals surface area contributed by atoms with Gasteiger partial charge in [0.25, 0.3) is 5.56 Å². The fourth-order valence-electron chi connectivity index (χ4n) is 3.00. The Morgan fingerprint density at radius 3 is 3.04 bits per heavy atom. The van der Waals surface area contributed by atoms with Gasteiger partial charge in [0.1, 0.15) is 5.75 Å². The van der Waals surface area contributed by atoms with Crippen molar-refractivity contribution in [2.24, 2.45) is 0 Å². The Balaban J connectivity index is 1.62. The molecule has 1 aromatic heterocycles. The molecule has 2 aromatic rings. The fourth-order valence-corrected chi connectivity index (χ4v) is 4.17. The molecule has 1 N–H and O–H groups in total. The molecule has 0 saturated carbocycles. The van der Waals surface area contributed by atoms with E-state index in [9.17, 15) is 9.59 Å². The topological polar surface area (TPSA) is 73.2 Å². The number of nitrogens with zero attached hydrogens (tertiary/aromatic N) is 2. The number of carbonyl (C=O) groups is 1. The van der Waals surface area contributed by atoms with Crippen LogP contribution >= 0.6 is 11.8 Å². The summed E-state index contributed by atoms with van der Waals surface area (Å²) >= 11 is 1.55. The number of aromatic nitrogens is 2. The highest BCUT2D eigenvalue weighted by Gasteiger charge is 2.27. The Morgan fingerprint density at radius 2 is 2.27 bits per heavy atom. The van der Waals surface area contributed by atoms with E-state index in [2.05, 4.69) is 17.2 Å². The normalized spacial score (nSPS) is 15.5. The molecule has 1 aliphatic heterocycles. The summed E-state index contributed by atoms with van der Waals surface area (Å²) in [6.07, 6.45) is 2.03. The molecule has 3 rings (SSSR count). The summed E-state index contributed by atoms with van der Waals surface area (Å²) in [5.74, 6) is 1.39. The number of hydrogen-bond donors (Lipinski definition) is 1.